The van der Waals surface area contributed by atoms with Crippen LogP contribution in [0.3, 0.4) is 0 Å². The van der Waals surface area contributed by atoms with Crippen molar-refractivity contribution in [3.05, 3.63) is 23.9 Å². The van der Waals surface area contributed by atoms with Crippen LogP contribution in [0.5, 0.6) is 0 Å². The summed E-state index contributed by atoms with van der Waals surface area (Å²) < 4.78 is 6.17. The summed E-state index contributed by atoms with van der Waals surface area (Å²) in [4.78, 5) is 28.2. The number of nitrogens with zero attached hydrogens (tertiary/aromatic N) is 1. The van der Waals surface area contributed by atoms with E-state index in [9.17, 15) is 9.59 Å². The van der Waals surface area contributed by atoms with Crippen LogP contribution in [0.4, 0.5) is 5.82 Å². The summed E-state index contributed by atoms with van der Waals surface area (Å²) in [7, 11) is 0. The standard InChI is InChI=1S/C22H32N4O3/c1-13(27)26-20-21(2,3)15-10-16-17(29-9-7-22(16,20)11-15)6-8-24-19(28)14-4-5-18(23)25-12-14/h4-5,12,15-17,20H,6-11H2,1-3H3,(H2,23,25)(H,24,28)(H,26,27)/t15-,16-,17-,20+,22-/m1/s1. The minimum Gasteiger partial charge on any atom is -0.384 e. The molecule has 158 valence electrons. The molecule has 1 aromatic heterocycles. The molecule has 29 heavy (non-hydrogen) atoms. The van der Waals surface area contributed by atoms with E-state index in [-0.39, 0.29) is 34.8 Å². The Hall–Kier alpha value is -2.15. The van der Waals surface area contributed by atoms with Crippen LogP contribution in [0.2, 0.25) is 0 Å². The molecule has 1 spiro atoms. The third-order valence-electron chi connectivity index (χ3n) is 7.73. The highest BCUT2D eigenvalue weighted by atomic mass is 16.5. The maximum absolute atomic E-state index is 12.3. The third-order valence-corrected chi connectivity index (χ3v) is 7.73. The van der Waals surface area contributed by atoms with E-state index in [1.165, 1.54) is 12.6 Å². The van der Waals surface area contributed by atoms with Crippen molar-refractivity contribution in [2.24, 2.45) is 22.7 Å². The normalized spacial score (nSPS) is 34.4. The molecule has 3 fully saturated rings. The Morgan fingerprint density at radius 1 is 1.34 bits per heavy atom. The van der Waals surface area contributed by atoms with Crippen LogP contribution >= 0.6 is 0 Å². The number of pyridine rings is 1. The van der Waals surface area contributed by atoms with E-state index in [1.807, 2.05) is 0 Å². The minimum atomic E-state index is -0.145. The van der Waals surface area contributed by atoms with Gasteiger partial charge in [0.25, 0.3) is 5.91 Å². The summed E-state index contributed by atoms with van der Waals surface area (Å²) in [6, 6.07) is 3.50. The first-order valence-corrected chi connectivity index (χ1v) is 10.6. The Kier molecular flexibility index (Phi) is 5.05. The summed E-state index contributed by atoms with van der Waals surface area (Å²) in [5, 5.41) is 6.27. The van der Waals surface area contributed by atoms with E-state index in [4.69, 9.17) is 10.5 Å². The maximum Gasteiger partial charge on any atom is 0.252 e. The van der Waals surface area contributed by atoms with Gasteiger partial charge in [0, 0.05) is 32.3 Å². The average Bonchev–Trinajstić information content (AvgIpc) is 3.15. The number of carbonyl (C=O) groups is 2. The molecule has 0 aromatic carbocycles. The molecule has 2 amide bonds. The van der Waals surface area contributed by atoms with Gasteiger partial charge >= 0.3 is 0 Å². The van der Waals surface area contributed by atoms with E-state index >= 15 is 0 Å². The van der Waals surface area contributed by atoms with Crippen molar-refractivity contribution in [1.29, 1.82) is 0 Å². The third kappa shape index (κ3) is 3.39. The topological polar surface area (TPSA) is 106 Å². The van der Waals surface area contributed by atoms with Gasteiger partial charge in [-0.25, -0.2) is 4.98 Å². The maximum atomic E-state index is 12.3. The molecule has 2 saturated carbocycles. The van der Waals surface area contributed by atoms with Crippen LogP contribution in [-0.2, 0) is 9.53 Å². The Morgan fingerprint density at radius 3 is 2.83 bits per heavy atom. The van der Waals surface area contributed by atoms with Gasteiger partial charge in [-0.15, -0.1) is 0 Å². The Labute approximate surface area is 172 Å². The number of ether oxygens (including phenoxy) is 1. The van der Waals surface area contributed by atoms with Gasteiger partial charge in [0.2, 0.25) is 5.91 Å². The lowest BCUT2D eigenvalue weighted by atomic mass is 9.59. The summed E-state index contributed by atoms with van der Waals surface area (Å²) in [5.74, 6) is 1.34. The monoisotopic (exact) mass is 400 g/mol. The molecular formula is C22H32N4O3. The smallest absolute Gasteiger partial charge is 0.252 e. The lowest BCUT2D eigenvalue weighted by molar-refractivity contribution is -0.135. The van der Waals surface area contributed by atoms with E-state index in [0.717, 1.165) is 25.9 Å². The molecule has 2 aliphatic carbocycles. The summed E-state index contributed by atoms with van der Waals surface area (Å²) in [6.45, 7) is 7.49. The average molecular weight is 401 g/mol. The van der Waals surface area contributed by atoms with Gasteiger partial charge in [0.15, 0.2) is 0 Å². The minimum absolute atomic E-state index is 0.0520. The first-order chi connectivity index (χ1) is 13.7. The number of hydrogen-bond donors (Lipinski definition) is 3. The summed E-state index contributed by atoms with van der Waals surface area (Å²) in [5.41, 5.74) is 6.32. The second-order valence-electron chi connectivity index (χ2n) is 9.61. The molecule has 7 nitrogen and oxygen atoms in total. The number of nitrogen functional groups attached to an aromatic ring is 1. The van der Waals surface area contributed by atoms with Crippen LogP contribution in [-0.4, -0.2) is 42.1 Å². The quantitative estimate of drug-likeness (QED) is 0.702. The molecule has 4 rings (SSSR count). The highest BCUT2D eigenvalue weighted by molar-refractivity contribution is 5.93. The van der Waals surface area contributed by atoms with Crippen molar-refractivity contribution in [2.45, 2.75) is 58.6 Å². The molecule has 1 saturated heterocycles. The predicted molar refractivity (Wildman–Crippen MR) is 110 cm³/mol. The molecule has 2 heterocycles. The van der Waals surface area contributed by atoms with Gasteiger partial charge in [-0.1, -0.05) is 13.8 Å². The van der Waals surface area contributed by atoms with E-state index in [0.29, 0.717) is 29.8 Å². The van der Waals surface area contributed by atoms with Crippen LogP contribution in [0.1, 0.15) is 56.8 Å². The molecule has 4 N–H and O–H groups in total. The zero-order valence-corrected chi connectivity index (χ0v) is 17.5. The zero-order chi connectivity index (χ0) is 20.8. The molecule has 0 unspecified atom stereocenters. The first kappa shape index (κ1) is 20.1. The van der Waals surface area contributed by atoms with Gasteiger partial charge in [0.1, 0.15) is 5.82 Å². The van der Waals surface area contributed by atoms with Gasteiger partial charge in [-0.3, -0.25) is 9.59 Å². The Bertz CT molecular complexity index is 794. The molecule has 7 heteroatoms. The SMILES string of the molecule is CC(=O)N[C@H]1C(C)(C)[C@@H]2C[C@@H]3[C@@H](CCNC(=O)c4ccc(N)nc4)OCC[C@@]31C2. The van der Waals surface area contributed by atoms with Crippen LogP contribution in [0, 0.1) is 22.7 Å². The van der Waals surface area contributed by atoms with Gasteiger partial charge in [-0.05, 0) is 60.5 Å². The molecule has 3 aliphatic rings. The van der Waals surface area contributed by atoms with Crippen molar-refractivity contribution in [3.63, 3.8) is 0 Å². The molecule has 1 aliphatic heterocycles. The number of aromatic nitrogens is 1. The fourth-order valence-corrected chi connectivity index (χ4v) is 6.37. The molecule has 2 bridgehead atoms. The van der Waals surface area contributed by atoms with Gasteiger partial charge in [0.05, 0.1) is 11.7 Å². The van der Waals surface area contributed by atoms with Crippen LogP contribution in [0.15, 0.2) is 18.3 Å². The molecule has 5 atom stereocenters. The fraction of sp³-hybridized carbons (Fsp3) is 0.682. The second kappa shape index (κ2) is 7.27. The number of anilines is 1. The van der Waals surface area contributed by atoms with Gasteiger partial charge < -0.3 is 21.1 Å². The van der Waals surface area contributed by atoms with Crippen molar-refractivity contribution >= 4 is 17.6 Å². The van der Waals surface area contributed by atoms with E-state index in [2.05, 4.69) is 29.5 Å². The lowest BCUT2D eigenvalue weighted by Crippen LogP contribution is -2.60. The van der Waals surface area contributed by atoms with Gasteiger partial charge in [-0.2, -0.15) is 0 Å². The van der Waals surface area contributed by atoms with Crippen LogP contribution in [0.25, 0.3) is 0 Å². The number of hydrogen-bond acceptors (Lipinski definition) is 5. The predicted octanol–water partition coefficient (Wildman–Crippen LogP) is 2.13. The second-order valence-corrected chi connectivity index (χ2v) is 9.61. The Morgan fingerprint density at radius 2 is 2.14 bits per heavy atom. The summed E-state index contributed by atoms with van der Waals surface area (Å²) in [6.07, 6.45) is 5.70. The van der Waals surface area contributed by atoms with Crippen molar-refractivity contribution < 1.29 is 14.3 Å². The number of nitrogens with one attached hydrogen (secondary N) is 2. The number of nitrogens with two attached hydrogens (primary N) is 1. The Balaban J connectivity index is 1.41. The lowest BCUT2D eigenvalue weighted by Gasteiger charge is -2.53. The van der Waals surface area contributed by atoms with E-state index < -0.39 is 0 Å². The fourth-order valence-electron chi connectivity index (χ4n) is 6.37. The highest BCUT2D eigenvalue weighted by Crippen LogP contribution is 2.68. The molecule has 1 aromatic rings. The van der Waals surface area contributed by atoms with Crippen molar-refractivity contribution in [2.75, 3.05) is 18.9 Å². The first-order valence-electron chi connectivity index (χ1n) is 10.6. The molecular weight excluding hydrogens is 368 g/mol. The number of fused-ring (bicyclic) bond motifs is 1. The number of amides is 2. The van der Waals surface area contributed by atoms with Crippen LogP contribution < -0.4 is 16.4 Å². The van der Waals surface area contributed by atoms with Crippen molar-refractivity contribution in [1.82, 2.24) is 15.6 Å². The number of rotatable bonds is 5. The largest absolute Gasteiger partial charge is 0.384 e. The molecule has 0 radical (unpaired) electrons. The summed E-state index contributed by atoms with van der Waals surface area (Å²) >= 11 is 0. The van der Waals surface area contributed by atoms with Crippen molar-refractivity contribution in [3.8, 4) is 0 Å². The van der Waals surface area contributed by atoms with E-state index in [1.54, 1.807) is 19.1 Å². The number of carbonyl (C=O) groups excluding carboxylic acids is 2. The highest BCUT2D eigenvalue weighted by Gasteiger charge is 2.68. The zero-order valence-electron chi connectivity index (χ0n) is 17.5.